The van der Waals surface area contributed by atoms with Crippen LogP contribution in [-0.4, -0.2) is 17.4 Å². The average molecular weight is 223 g/mol. The first-order valence-corrected chi connectivity index (χ1v) is 4.49. The number of benzene rings is 1. The quantitative estimate of drug-likeness (QED) is 0.615. The van der Waals surface area contributed by atoms with Crippen LogP contribution < -0.4 is 0 Å². The average Bonchev–Trinajstić information content (AvgIpc) is 2.20. The second-order valence-corrected chi connectivity index (χ2v) is 3.02. The molecule has 0 atom stereocenters. The van der Waals surface area contributed by atoms with Gasteiger partial charge in [0, 0.05) is 5.56 Å². The smallest absolute Gasteiger partial charge is 0.337 e. The normalized spacial score (nSPS) is 8.87. The maximum Gasteiger partial charge on any atom is 0.337 e. The molecule has 1 rings (SSSR count). The molecule has 4 heteroatoms. The van der Waals surface area contributed by atoms with Crippen molar-refractivity contribution in [3.05, 3.63) is 34.3 Å². The molecule has 1 aromatic rings. The maximum absolute atomic E-state index is 10.7. The van der Waals surface area contributed by atoms with Gasteiger partial charge in [0.15, 0.2) is 0 Å². The van der Waals surface area contributed by atoms with Gasteiger partial charge in [-0.3, -0.25) is 0 Å². The Bertz CT molecular complexity index is 455. The van der Waals surface area contributed by atoms with Crippen LogP contribution in [0.25, 0.3) is 0 Å². The molecule has 0 fully saturated rings. The summed E-state index contributed by atoms with van der Waals surface area (Å²) in [5.41, 5.74) is 0.424. The summed E-state index contributed by atoms with van der Waals surface area (Å²) in [4.78, 5) is 20.7. The number of aldehydes is 1. The molecular formula is C11H7ClO3. The summed E-state index contributed by atoms with van der Waals surface area (Å²) < 4.78 is 0. The molecule has 3 nitrogen and oxygen atoms in total. The van der Waals surface area contributed by atoms with Crippen LogP contribution in [0.3, 0.4) is 0 Å². The van der Waals surface area contributed by atoms with E-state index in [1.165, 1.54) is 6.07 Å². The molecule has 0 spiro atoms. The van der Waals surface area contributed by atoms with Crippen LogP contribution in [-0.2, 0) is 4.79 Å². The lowest BCUT2D eigenvalue weighted by atomic mass is 10.1. The number of carboxylic acid groups (broad SMARTS) is 1. The molecule has 0 amide bonds. The first-order valence-electron chi connectivity index (χ1n) is 4.11. The molecule has 0 saturated heterocycles. The molecule has 0 aliphatic heterocycles. The van der Waals surface area contributed by atoms with Gasteiger partial charge in [-0.2, -0.15) is 0 Å². The fourth-order valence-electron chi connectivity index (χ4n) is 0.982. The van der Waals surface area contributed by atoms with E-state index < -0.39 is 5.97 Å². The number of halogens is 1. The predicted octanol–water partition coefficient (Wildman–Crippen LogP) is 1.98. The van der Waals surface area contributed by atoms with Gasteiger partial charge in [-0.1, -0.05) is 29.5 Å². The monoisotopic (exact) mass is 222 g/mol. The van der Waals surface area contributed by atoms with Crippen molar-refractivity contribution in [1.29, 1.82) is 0 Å². The summed E-state index contributed by atoms with van der Waals surface area (Å²) in [6.45, 7) is 0. The van der Waals surface area contributed by atoms with E-state index in [-0.39, 0.29) is 17.0 Å². The van der Waals surface area contributed by atoms with E-state index in [1.807, 2.05) is 0 Å². The van der Waals surface area contributed by atoms with E-state index in [2.05, 4.69) is 11.8 Å². The van der Waals surface area contributed by atoms with Crippen molar-refractivity contribution in [3.63, 3.8) is 0 Å². The minimum absolute atomic E-state index is 0.00886. The number of hydrogen-bond acceptors (Lipinski definition) is 2. The van der Waals surface area contributed by atoms with Crippen molar-refractivity contribution in [2.45, 2.75) is 6.42 Å². The fraction of sp³-hybridized carbons (Fsp3) is 0.0909. The van der Waals surface area contributed by atoms with Crippen LogP contribution in [0, 0.1) is 11.8 Å². The van der Waals surface area contributed by atoms with Crippen molar-refractivity contribution in [2.24, 2.45) is 0 Å². The zero-order chi connectivity index (χ0) is 11.3. The number of carbonyl (C=O) groups is 2. The second-order valence-electron chi connectivity index (χ2n) is 2.64. The van der Waals surface area contributed by atoms with Crippen LogP contribution in [0.15, 0.2) is 18.2 Å². The Morgan fingerprint density at radius 1 is 1.53 bits per heavy atom. The number of aromatic carboxylic acids is 1. The molecule has 0 bridgehead atoms. The lowest BCUT2D eigenvalue weighted by Gasteiger charge is -1.99. The molecular weight excluding hydrogens is 216 g/mol. The van der Waals surface area contributed by atoms with E-state index in [9.17, 15) is 9.59 Å². The summed E-state index contributed by atoms with van der Waals surface area (Å²) in [6.07, 6.45) is 0.773. The highest BCUT2D eigenvalue weighted by Gasteiger charge is 2.10. The Kier molecular flexibility index (Phi) is 3.90. The van der Waals surface area contributed by atoms with Crippen molar-refractivity contribution < 1.29 is 14.7 Å². The molecule has 0 unspecified atom stereocenters. The Morgan fingerprint density at radius 2 is 2.27 bits per heavy atom. The largest absolute Gasteiger partial charge is 0.478 e. The third kappa shape index (κ3) is 2.83. The summed E-state index contributed by atoms with van der Waals surface area (Å²) in [6, 6.07) is 4.56. The van der Waals surface area contributed by atoms with Gasteiger partial charge < -0.3 is 9.90 Å². The molecule has 76 valence electrons. The Hall–Kier alpha value is -1.79. The molecule has 0 aliphatic carbocycles. The van der Waals surface area contributed by atoms with Gasteiger partial charge in [0.2, 0.25) is 0 Å². The molecule has 0 saturated carbocycles. The molecule has 0 aliphatic rings. The molecule has 1 N–H and O–H groups in total. The highest BCUT2D eigenvalue weighted by atomic mass is 35.5. The summed E-state index contributed by atoms with van der Waals surface area (Å²) in [7, 11) is 0. The Labute approximate surface area is 91.7 Å². The SMILES string of the molecule is O=CCC#Cc1cccc(C(=O)O)c1Cl. The molecule has 0 heterocycles. The van der Waals surface area contributed by atoms with Gasteiger partial charge in [-0.05, 0) is 12.1 Å². The van der Waals surface area contributed by atoms with Gasteiger partial charge in [-0.25, -0.2) is 4.79 Å². The lowest BCUT2D eigenvalue weighted by molar-refractivity contribution is -0.107. The van der Waals surface area contributed by atoms with Gasteiger partial charge in [0.05, 0.1) is 17.0 Å². The lowest BCUT2D eigenvalue weighted by Crippen LogP contribution is -1.98. The molecule has 0 radical (unpaired) electrons. The Morgan fingerprint density at radius 3 is 2.87 bits per heavy atom. The van der Waals surface area contributed by atoms with Crippen LogP contribution in [0.1, 0.15) is 22.3 Å². The zero-order valence-electron chi connectivity index (χ0n) is 7.66. The maximum atomic E-state index is 10.7. The highest BCUT2D eigenvalue weighted by Crippen LogP contribution is 2.20. The van der Waals surface area contributed by atoms with Crippen molar-refractivity contribution >= 4 is 23.9 Å². The Balaban J connectivity index is 3.11. The zero-order valence-corrected chi connectivity index (χ0v) is 8.41. The van der Waals surface area contributed by atoms with Crippen LogP contribution in [0.5, 0.6) is 0 Å². The number of carboxylic acids is 1. The first kappa shape index (κ1) is 11.3. The van der Waals surface area contributed by atoms with Gasteiger partial charge >= 0.3 is 5.97 Å². The van der Waals surface area contributed by atoms with E-state index in [0.717, 1.165) is 0 Å². The number of rotatable bonds is 2. The summed E-state index contributed by atoms with van der Waals surface area (Å²) in [5.74, 6) is 4.10. The second kappa shape index (κ2) is 5.18. The summed E-state index contributed by atoms with van der Waals surface area (Å²) >= 11 is 5.81. The topological polar surface area (TPSA) is 54.4 Å². The van der Waals surface area contributed by atoms with Crippen LogP contribution in [0.4, 0.5) is 0 Å². The molecule has 15 heavy (non-hydrogen) atoms. The van der Waals surface area contributed by atoms with Crippen molar-refractivity contribution in [2.75, 3.05) is 0 Å². The molecule has 0 aromatic heterocycles. The van der Waals surface area contributed by atoms with Gasteiger partial charge in [0.25, 0.3) is 0 Å². The van der Waals surface area contributed by atoms with E-state index in [0.29, 0.717) is 11.8 Å². The molecule has 1 aromatic carbocycles. The van der Waals surface area contributed by atoms with Crippen molar-refractivity contribution in [3.8, 4) is 11.8 Å². The van der Waals surface area contributed by atoms with Gasteiger partial charge in [-0.15, -0.1) is 0 Å². The number of hydrogen-bond donors (Lipinski definition) is 1. The van der Waals surface area contributed by atoms with Crippen LogP contribution in [0.2, 0.25) is 5.02 Å². The predicted molar refractivity (Wildman–Crippen MR) is 56.0 cm³/mol. The third-order valence-corrected chi connectivity index (χ3v) is 2.04. The minimum Gasteiger partial charge on any atom is -0.478 e. The van der Waals surface area contributed by atoms with E-state index >= 15 is 0 Å². The summed E-state index contributed by atoms with van der Waals surface area (Å²) in [5, 5.41) is 8.87. The number of carbonyl (C=O) groups excluding carboxylic acids is 1. The van der Waals surface area contributed by atoms with E-state index in [4.69, 9.17) is 16.7 Å². The first-order chi connectivity index (χ1) is 7.16. The van der Waals surface area contributed by atoms with Crippen molar-refractivity contribution in [1.82, 2.24) is 0 Å². The van der Waals surface area contributed by atoms with Gasteiger partial charge in [0.1, 0.15) is 6.29 Å². The highest BCUT2D eigenvalue weighted by molar-refractivity contribution is 6.34. The fourth-order valence-corrected chi connectivity index (χ4v) is 1.24. The standard InChI is InChI=1S/C11H7ClO3/c12-10-8(4-1-2-7-13)5-3-6-9(10)11(14)15/h3,5-7H,2H2,(H,14,15). The minimum atomic E-state index is -1.10. The van der Waals surface area contributed by atoms with Crippen LogP contribution >= 0.6 is 11.6 Å². The van der Waals surface area contributed by atoms with E-state index in [1.54, 1.807) is 12.1 Å². The third-order valence-electron chi connectivity index (χ3n) is 1.64.